The highest BCUT2D eigenvalue weighted by atomic mass is 16.7. The van der Waals surface area contributed by atoms with Crippen molar-refractivity contribution in [3.8, 4) is 0 Å². The molecule has 0 spiro atoms. The van der Waals surface area contributed by atoms with Crippen molar-refractivity contribution in [2.45, 2.75) is 64.6 Å². The van der Waals surface area contributed by atoms with Gasteiger partial charge in [0.05, 0.1) is 0 Å². The average molecular weight is 276 g/mol. The zero-order valence-corrected chi connectivity index (χ0v) is 14.0. The molecule has 1 aromatic rings. The molecule has 0 bridgehead atoms. The van der Waals surface area contributed by atoms with Crippen molar-refractivity contribution in [1.29, 1.82) is 0 Å². The Kier molecular flexibility index (Phi) is 4.01. The van der Waals surface area contributed by atoms with E-state index < -0.39 is 0 Å². The molecule has 1 aromatic carbocycles. The summed E-state index contributed by atoms with van der Waals surface area (Å²) in [5, 5.41) is 0. The van der Waals surface area contributed by atoms with Crippen molar-refractivity contribution < 1.29 is 9.47 Å². The van der Waals surface area contributed by atoms with Crippen LogP contribution < -0.4 is 0 Å². The Bertz CT molecular complexity index is 496. The van der Waals surface area contributed by atoms with Gasteiger partial charge < -0.3 is 9.47 Å². The summed E-state index contributed by atoms with van der Waals surface area (Å²) in [6, 6.07) is 4.65. The van der Waals surface area contributed by atoms with Gasteiger partial charge in [-0.2, -0.15) is 0 Å². The first-order valence-electron chi connectivity index (χ1n) is 7.44. The molecule has 0 saturated carbocycles. The lowest BCUT2D eigenvalue weighted by Gasteiger charge is -2.42. The van der Waals surface area contributed by atoms with E-state index in [1.54, 1.807) is 14.2 Å². The van der Waals surface area contributed by atoms with E-state index in [1.807, 2.05) is 0 Å². The zero-order valence-electron chi connectivity index (χ0n) is 14.0. The van der Waals surface area contributed by atoms with Gasteiger partial charge in [-0.25, -0.2) is 0 Å². The summed E-state index contributed by atoms with van der Waals surface area (Å²) in [5.41, 5.74) is 5.82. The highest BCUT2D eigenvalue weighted by Crippen LogP contribution is 2.47. The van der Waals surface area contributed by atoms with Gasteiger partial charge in [0.25, 0.3) is 0 Å². The highest BCUT2D eigenvalue weighted by Gasteiger charge is 2.37. The van der Waals surface area contributed by atoms with Crippen molar-refractivity contribution in [2.24, 2.45) is 0 Å². The number of fused-ring (bicyclic) bond motifs is 1. The smallest absolute Gasteiger partial charge is 0.183 e. The Morgan fingerprint density at radius 1 is 0.900 bits per heavy atom. The molecule has 1 aliphatic rings. The number of hydrogen-bond donors (Lipinski definition) is 0. The van der Waals surface area contributed by atoms with E-state index in [2.05, 4.69) is 46.8 Å². The summed E-state index contributed by atoms with van der Waals surface area (Å²) in [6.07, 6.45) is 2.19. The normalized spacial score (nSPS) is 20.0. The Labute approximate surface area is 123 Å². The summed E-state index contributed by atoms with van der Waals surface area (Å²) in [4.78, 5) is 0. The van der Waals surface area contributed by atoms with Crippen LogP contribution in [0.25, 0.3) is 0 Å². The van der Waals surface area contributed by atoms with Crippen LogP contribution in [0, 0.1) is 6.92 Å². The largest absolute Gasteiger partial charge is 0.352 e. The maximum absolute atomic E-state index is 5.46. The molecule has 20 heavy (non-hydrogen) atoms. The van der Waals surface area contributed by atoms with Crippen molar-refractivity contribution in [2.75, 3.05) is 14.2 Å². The number of rotatable bonds is 3. The summed E-state index contributed by atoms with van der Waals surface area (Å²) in [5.74, 6) is 0. The summed E-state index contributed by atoms with van der Waals surface area (Å²) in [7, 11) is 3.39. The van der Waals surface area contributed by atoms with Crippen LogP contribution in [0.5, 0.6) is 0 Å². The molecule has 0 fully saturated rings. The second-order valence-corrected chi connectivity index (χ2v) is 7.33. The molecule has 2 nitrogen and oxygen atoms in total. The second kappa shape index (κ2) is 5.16. The highest BCUT2D eigenvalue weighted by molar-refractivity contribution is 5.47. The van der Waals surface area contributed by atoms with E-state index in [0.29, 0.717) is 0 Å². The Balaban J connectivity index is 2.63. The van der Waals surface area contributed by atoms with E-state index in [1.165, 1.54) is 29.5 Å². The molecule has 0 radical (unpaired) electrons. The van der Waals surface area contributed by atoms with Crippen molar-refractivity contribution in [1.82, 2.24) is 0 Å². The van der Waals surface area contributed by atoms with Crippen LogP contribution >= 0.6 is 0 Å². The first-order chi connectivity index (χ1) is 9.23. The molecule has 2 heteroatoms. The standard InChI is InChI=1S/C18H28O2/c1-12-10-14-15(11-13(12)16(19-6)20-7)18(4,5)9-8-17(14,2)3/h10-11,16H,8-9H2,1-7H3. The van der Waals surface area contributed by atoms with Crippen LogP contribution in [0.3, 0.4) is 0 Å². The van der Waals surface area contributed by atoms with E-state index in [9.17, 15) is 0 Å². The first kappa shape index (κ1) is 15.5. The fraction of sp³-hybridized carbons (Fsp3) is 0.667. The number of ether oxygens (including phenoxy) is 2. The van der Waals surface area contributed by atoms with Crippen LogP contribution in [0.2, 0.25) is 0 Å². The van der Waals surface area contributed by atoms with Crippen LogP contribution in [-0.4, -0.2) is 14.2 Å². The van der Waals surface area contributed by atoms with E-state index in [0.717, 1.165) is 5.56 Å². The quantitative estimate of drug-likeness (QED) is 0.749. The third-order valence-electron chi connectivity index (χ3n) is 4.92. The number of hydrogen-bond acceptors (Lipinski definition) is 2. The number of methoxy groups -OCH3 is 2. The third kappa shape index (κ3) is 2.51. The Hall–Kier alpha value is -0.860. The molecule has 0 aromatic heterocycles. The van der Waals surface area contributed by atoms with Gasteiger partial charge in [0.15, 0.2) is 6.29 Å². The molecular weight excluding hydrogens is 248 g/mol. The molecule has 112 valence electrons. The zero-order chi connectivity index (χ0) is 15.1. The van der Waals surface area contributed by atoms with Crippen LogP contribution in [0.1, 0.15) is 69.1 Å². The fourth-order valence-corrected chi connectivity index (χ4v) is 3.34. The molecule has 0 saturated heterocycles. The van der Waals surface area contributed by atoms with Crippen LogP contribution in [0.4, 0.5) is 0 Å². The van der Waals surface area contributed by atoms with Crippen LogP contribution in [0.15, 0.2) is 12.1 Å². The molecule has 2 rings (SSSR count). The van der Waals surface area contributed by atoms with E-state index in [4.69, 9.17) is 9.47 Å². The Morgan fingerprint density at radius 3 is 1.80 bits per heavy atom. The maximum Gasteiger partial charge on any atom is 0.183 e. The van der Waals surface area contributed by atoms with Gasteiger partial charge in [0, 0.05) is 19.8 Å². The minimum Gasteiger partial charge on any atom is -0.352 e. The Morgan fingerprint density at radius 2 is 1.35 bits per heavy atom. The lowest BCUT2D eigenvalue weighted by Crippen LogP contribution is -2.34. The lowest BCUT2D eigenvalue weighted by molar-refractivity contribution is -0.106. The van der Waals surface area contributed by atoms with Gasteiger partial charge in [0.1, 0.15) is 0 Å². The summed E-state index contributed by atoms with van der Waals surface area (Å²) in [6.45, 7) is 11.5. The van der Waals surface area contributed by atoms with Crippen LogP contribution in [-0.2, 0) is 20.3 Å². The van der Waals surface area contributed by atoms with Gasteiger partial charge >= 0.3 is 0 Å². The molecule has 0 amide bonds. The van der Waals surface area contributed by atoms with E-state index >= 15 is 0 Å². The molecule has 0 aliphatic heterocycles. The van der Waals surface area contributed by atoms with Gasteiger partial charge in [-0.15, -0.1) is 0 Å². The minimum atomic E-state index is -0.277. The van der Waals surface area contributed by atoms with Crippen molar-refractivity contribution in [3.05, 3.63) is 34.4 Å². The predicted octanol–water partition coefficient (Wildman–Crippen LogP) is 4.64. The number of aryl methyl sites for hydroxylation is 1. The van der Waals surface area contributed by atoms with Gasteiger partial charge in [-0.05, 0) is 53.4 Å². The molecule has 0 heterocycles. The minimum absolute atomic E-state index is 0.222. The van der Waals surface area contributed by atoms with E-state index in [-0.39, 0.29) is 17.1 Å². The number of benzene rings is 1. The molecule has 0 unspecified atom stereocenters. The third-order valence-corrected chi connectivity index (χ3v) is 4.92. The maximum atomic E-state index is 5.46. The second-order valence-electron chi connectivity index (χ2n) is 7.33. The monoisotopic (exact) mass is 276 g/mol. The topological polar surface area (TPSA) is 18.5 Å². The lowest BCUT2D eigenvalue weighted by atomic mass is 9.62. The fourth-order valence-electron chi connectivity index (χ4n) is 3.34. The molecule has 0 atom stereocenters. The van der Waals surface area contributed by atoms with Gasteiger partial charge in [0.2, 0.25) is 0 Å². The van der Waals surface area contributed by atoms with Gasteiger partial charge in [-0.1, -0.05) is 33.8 Å². The first-order valence-corrected chi connectivity index (χ1v) is 7.44. The summed E-state index contributed by atoms with van der Waals surface area (Å²) >= 11 is 0. The predicted molar refractivity (Wildman–Crippen MR) is 83.2 cm³/mol. The van der Waals surface area contributed by atoms with Gasteiger partial charge in [-0.3, -0.25) is 0 Å². The van der Waals surface area contributed by atoms with Crippen molar-refractivity contribution >= 4 is 0 Å². The average Bonchev–Trinajstić information content (AvgIpc) is 2.38. The molecular formula is C18H28O2. The molecule has 0 N–H and O–H groups in total. The van der Waals surface area contributed by atoms with Crippen molar-refractivity contribution in [3.63, 3.8) is 0 Å². The molecule has 1 aliphatic carbocycles. The summed E-state index contributed by atoms with van der Waals surface area (Å²) < 4.78 is 10.9. The SMILES string of the molecule is COC(OC)c1cc2c(cc1C)C(C)(C)CCC2(C)C.